The highest BCUT2D eigenvalue weighted by Crippen LogP contribution is 2.33. The summed E-state index contributed by atoms with van der Waals surface area (Å²) in [4.78, 5) is 0. The predicted molar refractivity (Wildman–Crippen MR) is 76.1 cm³/mol. The second-order valence-corrected chi connectivity index (χ2v) is 6.74. The van der Waals surface area contributed by atoms with Crippen molar-refractivity contribution in [3.05, 3.63) is 0 Å². The van der Waals surface area contributed by atoms with E-state index in [4.69, 9.17) is 5.73 Å². The van der Waals surface area contributed by atoms with E-state index in [-0.39, 0.29) is 0 Å². The zero-order valence-electron chi connectivity index (χ0n) is 12.1. The Morgan fingerprint density at radius 3 is 2.18 bits per heavy atom. The van der Waals surface area contributed by atoms with Gasteiger partial charge in [0, 0.05) is 13.1 Å². The molecule has 1 fully saturated rings. The molecular formula is C15H32N2. The van der Waals surface area contributed by atoms with E-state index in [1.807, 2.05) is 0 Å². The summed E-state index contributed by atoms with van der Waals surface area (Å²) < 4.78 is 0. The Morgan fingerprint density at radius 1 is 1.12 bits per heavy atom. The van der Waals surface area contributed by atoms with Crippen molar-refractivity contribution in [2.75, 3.05) is 19.6 Å². The molecule has 0 amide bonds. The van der Waals surface area contributed by atoms with Crippen LogP contribution in [0.2, 0.25) is 0 Å². The van der Waals surface area contributed by atoms with Crippen molar-refractivity contribution in [1.29, 1.82) is 0 Å². The van der Waals surface area contributed by atoms with E-state index in [1.165, 1.54) is 44.9 Å². The molecule has 102 valence electrons. The minimum absolute atomic E-state index is 0.389. The Morgan fingerprint density at radius 2 is 1.71 bits per heavy atom. The third kappa shape index (κ3) is 4.97. The first-order chi connectivity index (χ1) is 8.04. The molecule has 0 saturated heterocycles. The summed E-state index contributed by atoms with van der Waals surface area (Å²) in [6.45, 7) is 10.0. The van der Waals surface area contributed by atoms with Crippen LogP contribution in [0.1, 0.15) is 65.7 Å². The SMILES string of the molecule is CCC(C)(C)CNCC1(CN)CCCCCC1. The third-order valence-electron chi connectivity index (χ3n) is 4.66. The molecule has 0 aromatic heterocycles. The summed E-state index contributed by atoms with van der Waals surface area (Å²) in [7, 11) is 0. The number of hydrogen-bond donors (Lipinski definition) is 2. The minimum Gasteiger partial charge on any atom is -0.330 e. The van der Waals surface area contributed by atoms with Gasteiger partial charge < -0.3 is 11.1 Å². The monoisotopic (exact) mass is 240 g/mol. The molecule has 1 aliphatic rings. The highest BCUT2D eigenvalue weighted by atomic mass is 14.9. The number of rotatable bonds is 6. The van der Waals surface area contributed by atoms with Crippen LogP contribution in [-0.4, -0.2) is 19.6 Å². The predicted octanol–water partition coefficient (Wildman–Crippen LogP) is 3.31. The molecule has 0 bridgehead atoms. The highest BCUT2D eigenvalue weighted by Gasteiger charge is 2.29. The second-order valence-electron chi connectivity index (χ2n) is 6.74. The summed E-state index contributed by atoms with van der Waals surface area (Å²) in [5, 5.41) is 3.69. The lowest BCUT2D eigenvalue weighted by molar-refractivity contribution is 0.222. The van der Waals surface area contributed by atoms with Gasteiger partial charge in [-0.25, -0.2) is 0 Å². The van der Waals surface area contributed by atoms with Crippen molar-refractivity contribution in [2.24, 2.45) is 16.6 Å². The maximum atomic E-state index is 6.05. The summed E-state index contributed by atoms with van der Waals surface area (Å²) in [5.41, 5.74) is 6.86. The van der Waals surface area contributed by atoms with E-state index in [0.717, 1.165) is 19.6 Å². The van der Waals surface area contributed by atoms with Crippen molar-refractivity contribution in [3.63, 3.8) is 0 Å². The van der Waals surface area contributed by atoms with Crippen molar-refractivity contribution >= 4 is 0 Å². The van der Waals surface area contributed by atoms with Gasteiger partial charge in [0.05, 0.1) is 0 Å². The summed E-state index contributed by atoms with van der Waals surface area (Å²) >= 11 is 0. The Bertz CT molecular complexity index is 203. The molecule has 2 heteroatoms. The summed E-state index contributed by atoms with van der Waals surface area (Å²) in [5.74, 6) is 0. The van der Waals surface area contributed by atoms with Gasteiger partial charge in [-0.1, -0.05) is 46.5 Å². The van der Waals surface area contributed by atoms with E-state index in [9.17, 15) is 0 Å². The fraction of sp³-hybridized carbons (Fsp3) is 1.00. The first kappa shape index (κ1) is 15.0. The molecule has 3 N–H and O–H groups in total. The molecule has 2 nitrogen and oxygen atoms in total. The third-order valence-corrected chi connectivity index (χ3v) is 4.66. The Balaban J connectivity index is 2.40. The van der Waals surface area contributed by atoms with Crippen molar-refractivity contribution in [2.45, 2.75) is 65.7 Å². The maximum absolute atomic E-state index is 6.05. The average molecular weight is 240 g/mol. The van der Waals surface area contributed by atoms with Crippen LogP contribution in [0, 0.1) is 10.8 Å². The van der Waals surface area contributed by atoms with Crippen LogP contribution in [0.25, 0.3) is 0 Å². The quantitative estimate of drug-likeness (QED) is 0.699. The van der Waals surface area contributed by atoms with Crippen LogP contribution in [0.3, 0.4) is 0 Å². The Hall–Kier alpha value is -0.0800. The van der Waals surface area contributed by atoms with E-state index in [0.29, 0.717) is 10.8 Å². The number of nitrogens with one attached hydrogen (secondary N) is 1. The molecule has 0 aliphatic heterocycles. The lowest BCUT2D eigenvalue weighted by Gasteiger charge is -2.33. The molecule has 1 saturated carbocycles. The van der Waals surface area contributed by atoms with Crippen molar-refractivity contribution in [3.8, 4) is 0 Å². The van der Waals surface area contributed by atoms with Gasteiger partial charge in [0.2, 0.25) is 0 Å². The zero-order valence-corrected chi connectivity index (χ0v) is 12.1. The van der Waals surface area contributed by atoms with E-state index in [2.05, 4.69) is 26.1 Å². The highest BCUT2D eigenvalue weighted by molar-refractivity contribution is 4.85. The molecular weight excluding hydrogens is 208 g/mol. The minimum atomic E-state index is 0.389. The van der Waals surface area contributed by atoms with Crippen LogP contribution in [0.5, 0.6) is 0 Å². The Kier molecular flexibility index (Phi) is 5.94. The van der Waals surface area contributed by atoms with Gasteiger partial charge in [-0.3, -0.25) is 0 Å². The van der Waals surface area contributed by atoms with Gasteiger partial charge >= 0.3 is 0 Å². The molecule has 0 atom stereocenters. The van der Waals surface area contributed by atoms with Crippen LogP contribution in [0.4, 0.5) is 0 Å². The lowest BCUT2D eigenvalue weighted by atomic mass is 9.80. The second kappa shape index (κ2) is 6.75. The van der Waals surface area contributed by atoms with Crippen LogP contribution < -0.4 is 11.1 Å². The van der Waals surface area contributed by atoms with Crippen molar-refractivity contribution < 1.29 is 0 Å². The van der Waals surface area contributed by atoms with Crippen LogP contribution in [0.15, 0.2) is 0 Å². The standard InChI is InChI=1S/C15H32N2/c1-4-14(2,3)12-17-13-15(11-16)9-7-5-6-8-10-15/h17H,4-13,16H2,1-3H3. The van der Waals surface area contributed by atoms with Crippen LogP contribution in [-0.2, 0) is 0 Å². The van der Waals surface area contributed by atoms with Gasteiger partial charge in [-0.15, -0.1) is 0 Å². The fourth-order valence-electron chi connectivity index (χ4n) is 2.72. The van der Waals surface area contributed by atoms with E-state index in [1.54, 1.807) is 0 Å². The molecule has 1 aliphatic carbocycles. The topological polar surface area (TPSA) is 38.0 Å². The summed E-state index contributed by atoms with van der Waals surface area (Å²) in [6, 6.07) is 0. The fourth-order valence-corrected chi connectivity index (χ4v) is 2.72. The molecule has 1 rings (SSSR count). The normalized spacial score (nSPS) is 21.2. The van der Waals surface area contributed by atoms with Crippen molar-refractivity contribution in [1.82, 2.24) is 5.32 Å². The largest absolute Gasteiger partial charge is 0.330 e. The zero-order chi connectivity index (χ0) is 12.8. The first-order valence-corrected chi connectivity index (χ1v) is 7.44. The Labute approximate surface area is 108 Å². The molecule has 0 unspecified atom stereocenters. The smallest absolute Gasteiger partial charge is 0.00201 e. The number of hydrogen-bond acceptors (Lipinski definition) is 2. The molecule has 0 radical (unpaired) electrons. The van der Waals surface area contributed by atoms with E-state index < -0.39 is 0 Å². The lowest BCUT2D eigenvalue weighted by Crippen LogP contribution is -2.42. The maximum Gasteiger partial charge on any atom is 0.00201 e. The molecule has 0 aromatic carbocycles. The van der Waals surface area contributed by atoms with Gasteiger partial charge in [0.15, 0.2) is 0 Å². The molecule has 0 aromatic rings. The van der Waals surface area contributed by atoms with Gasteiger partial charge in [-0.2, -0.15) is 0 Å². The molecule has 17 heavy (non-hydrogen) atoms. The average Bonchev–Trinajstić information content (AvgIpc) is 2.55. The first-order valence-electron chi connectivity index (χ1n) is 7.44. The summed E-state index contributed by atoms with van der Waals surface area (Å²) in [6.07, 6.45) is 9.43. The number of nitrogens with two attached hydrogens (primary N) is 1. The van der Waals surface area contributed by atoms with Crippen LogP contribution >= 0.6 is 0 Å². The molecule has 0 heterocycles. The van der Waals surface area contributed by atoms with Gasteiger partial charge in [-0.05, 0) is 36.6 Å². The van der Waals surface area contributed by atoms with E-state index >= 15 is 0 Å². The van der Waals surface area contributed by atoms with Gasteiger partial charge in [0.25, 0.3) is 0 Å². The van der Waals surface area contributed by atoms with Gasteiger partial charge in [0.1, 0.15) is 0 Å². The molecule has 0 spiro atoms.